The van der Waals surface area contributed by atoms with E-state index in [-0.39, 0.29) is 17.1 Å². The third-order valence-electron chi connectivity index (χ3n) is 7.08. The molecule has 2 nitrogen and oxygen atoms in total. The summed E-state index contributed by atoms with van der Waals surface area (Å²) in [4.78, 5) is 0. The Morgan fingerprint density at radius 3 is 0.872 bits per heavy atom. The Hall–Kier alpha value is -4.56. The minimum atomic E-state index is 0. The number of fused-ring (bicyclic) bond motifs is 6. The molecule has 2 aromatic heterocycles. The number of para-hydroxylation sites is 4. The SMILES string of the molecule is [Cu+2].[c-]1ccc(-n2c3ccccc3c3ccccc32)cc1.[c-]1ccc(-n2c3ccccc3c3ccccc32)cc1. The molecule has 0 aliphatic rings. The smallest absolute Gasteiger partial charge is 0.333 e. The van der Waals surface area contributed by atoms with E-state index in [2.05, 4.69) is 143 Å². The van der Waals surface area contributed by atoms with Crippen molar-refractivity contribution in [2.24, 2.45) is 0 Å². The summed E-state index contributed by atoms with van der Waals surface area (Å²) in [5, 5.41) is 5.19. The van der Waals surface area contributed by atoms with Gasteiger partial charge in [0.25, 0.3) is 0 Å². The third-order valence-corrected chi connectivity index (χ3v) is 7.08. The molecule has 6 aromatic carbocycles. The number of hydrogen-bond acceptors (Lipinski definition) is 0. The van der Waals surface area contributed by atoms with Crippen molar-refractivity contribution in [3.63, 3.8) is 0 Å². The Morgan fingerprint density at radius 1 is 0.333 bits per heavy atom. The Labute approximate surface area is 238 Å². The first-order chi connectivity index (χ1) is 18.9. The maximum absolute atomic E-state index is 3.08. The van der Waals surface area contributed by atoms with Gasteiger partial charge in [0.15, 0.2) is 0 Å². The van der Waals surface area contributed by atoms with Gasteiger partial charge in [-0.15, -0.1) is 24.3 Å². The molecule has 0 aliphatic carbocycles. The molecule has 0 atom stereocenters. The van der Waals surface area contributed by atoms with Gasteiger partial charge in [0.2, 0.25) is 0 Å². The first-order valence-electron chi connectivity index (χ1n) is 12.8. The van der Waals surface area contributed by atoms with E-state index in [0.29, 0.717) is 0 Å². The van der Waals surface area contributed by atoms with Crippen LogP contribution < -0.4 is 0 Å². The van der Waals surface area contributed by atoms with Gasteiger partial charge in [-0.25, -0.2) is 0 Å². The van der Waals surface area contributed by atoms with Crippen LogP contribution in [0.15, 0.2) is 146 Å². The molecular formula is C36H24CuN2. The molecular weight excluding hydrogens is 524 g/mol. The van der Waals surface area contributed by atoms with Gasteiger partial charge in [-0.3, -0.25) is 0 Å². The van der Waals surface area contributed by atoms with E-state index in [1.807, 2.05) is 24.3 Å². The number of nitrogens with zero attached hydrogens (tertiary/aromatic N) is 2. The fourth-order valence-electron chi connectivity index (χ4n) is 5.46. The summed E-state index contributed by atoms with van der Waals surface area (Å²) < 4.78 is 4.61. The number of benzene rings is 6. The summed E-state index contributed by atoms with van der Waals surface area (Å²) in [6.45, 7) is 0. The second-order valence-electron chi connectivity index (χ2n) is 9.26. The monoisotopic (exact) mass is 547 g/mol. The van der Waals surface area contributed by atoms with E-state index in [4.69, 9.17) is 0 Å². The van der Waals surface area contributed by atoms with Gasteiger partial charge in [0.1, 0.15) is 0 Å². The second-order valence-corrected chi connectivity index (χ2v) is 9.26. The Bertz CT molecular complexity index is 1760. The molecule has 0 fully saturated rings. The number of hydrogen-bond donors (Lipinski definition) is 0. The van der Waals surface area contributed by atoms with E-state index in [9.17, 15) is 0 Å². The number of rotatable bonds is 2. The van der Waals surface area contributed by atoms with Crippen LogP contribution >= 0.6 is 0 Å². The molecule has 1 radical (unpaired) electrons. The molecule has 8 rings (SSSR count). The maximum Gasteiger partial charge on any atom is 2.00 e. The Morgan fingerprint density at radius 2 is 0.590 bits per heavy atom. The van der Waals surface area contributed by atoms with E-state index in [1.54, 1.807) is 0 Å². The zero-order chi connectivity index (χ0) is 25.3. The summed E-state index contributed by atoms with van der Waals surface area (Å²) in [7, 11) is 0. The summed E-state index contributed by atoms with van der Waals surface area (Å²) in [5.41, 5.74) is 7.34. The molecule has 0 bridgehead atoms. The normalized spacial score (nSPS) is 10.9. The van der Waals surface area contributed by atoms with Crippen molar-refractivity contribution in [1.29, 1.82) is 0 Å². The Kier molecular flexibility index (Phi) is 6.77. The van der Waals surface area contributed by atoms with E-state index >= 15 is 0 Å². The van der Waals surface area contributed by atoms with Crippen molar-refractivity contribution in [2.75, 3.05) is 0 Å². The summed E-state index contributed by atoms with van der Waals surface area (Å²) in [6.07, 6.45) is 0. The van der Waals surface area contributed by atoms with Crippen LogP contribution in [0.3, 0.4) is 0 Å². The molecule has 0 N–H and O–H groups in total. The van der Waals surface area contributed by atoms with Crippen LogP contribution in [-0.2, 0) is 17.1 Å². The fourth-order valence-corrected chi connectivity index (χ4v) is 5.46. The van der Waals surface area contributed by atoms with Crippen LogP contribution in [0.4, 0.5) is 0 Å². The minimum absolute atomic E-state index is 0. The number of aromatic nitrogens is 2. The summed E-state index contributed by atoms with van der Waals surface area (Å²) in [5.74, 6) is 0. The van der Waals surface area contributed by atoms with Gasteiger partial charge >= 0.3 is 17.1 Å². The van der Waals surface area contributed by atoms with Crippen LogP contribution in [0.2, 0.25) is 0 Å². The standard InChI is InChI=1S/2C18H12N.Cu/c2*1-2-8-14(9-3-1)19-17-12-6-4-10-15(17)16-11-5-7-13-18(16)19;/h2*2-13H;/q2*-1;+2. The van der Waals surface area contributed by atoms with Gasteiger partial charge < -0.3 is 9.13 Å². The molecule has 0 amide bonds. The van der Waals surface area contributed by atoms with Crippen LogP contribution in [0, 0.1) is 12.1 Å². The first-order valence-corrected chi connectivity index (χ1v) is 12.8. The quantitative estimate of drug-likeness (QED) is 0.151. The molecule has 3 heteroatoms. The average molecular weight is 548 g/mol. The van der Waals surface area contributed by atoms with Crippen molar-refractivity contribution in [3.05, 3.63) is 158 Å². The van der Waals surface area contributed by atoms with Crippen molar-refractivity contribution in [2.45, 2.75) is 0 Å². The zero-order valence-corrected chi connectivity index (χ0v) is 22.0. The van der Waals surface area contributed by atoms with E-state index in [1.165, 1.54) is 55.0 Å². The van der Waals surface area contributed by atoms with Crippen molar-refractivity contribution >= 4 is 43.6 Å². The fraction of sp³-hybridized carbons (Fsp3) is 0. The van der Waals surface area contributed by atoms with E-state index < -0.39 is 0 Å². The summed E-state index contributed by atoms with van der Waals surface area (Å²) >= 11 is 0. The van der Waals surface area contributed by atoms with Crippen molar-refractivity contribution in [3.8, 4) is 11.4 Å². The topological polar surface area (TPSA) is 9.86 Å². The molecule has 189 valence electrons. The average Bonchev–Trinajstić information content (AvgIpc) is 3.52. The van der Waals surface area contributed by atoms with Gasteiger partial charge in [0, 0.05) is 21.5 Å². The molecule has 8 aromatic rings. The van der Waals surface area contributed by atoms with Gasteiger partial charge in [-0.1, -0.05) is 84.2 Å². The van der Waals surface area contributed by atoms with Gasteiger partial charge in [-0.2, -0.15) is 36.4 Å². The molecule has 0 saturated carbocycles. The summed E-state index contributed by atoms with van der Waals surface area (Å²) in [6, 6.07) is 56.5. The molecule has 0 spiro atoms. The van der Waals surface area contributed by atoms with Gasteiger partial charge in [0.05, 0.1) is 22.1 Å². The third kappa shape index (κ3) is 4.32. The van der Waals surface area contributed by atoms with Crippen molar-refractivity contribution in [1.82, 2.24) is 9.13 Å². The zero-order valence-electron chi connectivity index (χ0n) is 21.1. The predicted molar refractivity (Wildman–Crippen MR) is 159 cm³/mol. The van der Waals surface area contributed by atoms with Gasteiger partial charge in [-0.05, 0) is 24.3 Å². The first kappa shape index (κ1) is 24.8. The molecule has 2 heterocycles. The van der Waals surface area contributed by atoms with Crippen LogP contribution in [0.25, 0.3) is 55.0 Å². The largest absolute Gasteiger partial charge is 2.00 e. The van der Waals surface area contributed by atoms with Crippen molar-refractivity contribution < 1.29 is 17.1 Å². The van der Waals surface area contributed by atoms with E-state index in [0.717, 1.165) is 0 Å². The predicted octanol–water partition coefficient (Wildman–Crippen LogP) is 9.17. The second kappa shape index (κ2) is 10.7. The molecule has 0 saturated heterocycles. The Balaban J connectivity index is 0.000000138. The minimum Gasteiger partial charge on any atom is -0.333 e. The molecule has 39 heavy (non-hydrogen) atoms. The van der Waals surface area contributed by atoms with Crippen LogP contribution in [0.1, 0.15) is 0 Å². The molecule has 0 unspecified atom stereocenters. The maximum atomic E-state index is 3.08. The molecule has 0 aliphatic heterocycles. The van der Waals surface area contributed by atoms with Crippen LogP contribution in [-0.4, -0.2) is 9.13 Å². The van der Waals surface area contributed by atoms with Crippen LogP contribution in [0.5, 0.6) is 0 Å².